The maximum absolute atomic E-state index is 13.3. The molecule has 100 valence electrons. The summed E-state index contributed by atoms with van der Waals surface area (Å²) in [6, 6.07) is 3.65. The molecule has 0 spiro atoms. The van der Waals surface area contributed by atoms with Gasteiger partial charge in [-0.2, -0.15) is 0 Å². The lowest BCUT2D eigenvalue weighted by atomic mass is 10.1. The largest absolute Gasteiger partial charge is 0.383 e. The fourth-order valence-electron chi connectivity index (χ4n) is 2.75. The summed E-state index contributed by atoms with van der Waals surface area (Å²) in [5.74, 6) is 0.157. The van der Waals surface area contributed by atoms with E-state index in [4.69, 9.17) is 5.73 Å². The van der Waals surface area contributed by atoms with Gasteiger partial charge in [-0.3, -0.25) is 0 Å². The molecule has 2 N–H and O–H groups in total. The number of nitrogens with two attached hydrogens (primary N) is 1. The third kappa shape index (κ3) is 1.99. The van der Waals surface area contributed by atoms with Gasteiger partial charge in [0.1, 0.15) is 29.0 Å². The third-order valence-corrected chi connectivity index (χ3v) is 3.62. The van der Waals surface area contributed by atoms with Crippen LogP contribution in [0.4, 0.5) is 14.6 Å². The maximum Gasteiger partial charge on any atom is 0.131 e. The Labute approximate surface area is 110 Å². The van der Waals surface area contributed by atoms with Crippen LogP contribution in [-0.4, -0.2) is 9.55 Å². The minimum absolute atomic E-state index is 0.281. The van der Waals surface area contributed by atoms with Crippen LogP contribution in [0.15, 0.2) is 18.2 Å². The van der Waals surface area contributed by atoms with Crippen molar-refractivity contribution in [3.05, 3.63) is 35.7 Å². The molecule has 0 fully saturated rings. The SMILES string of the molecule is CC1CCCc2nc(-c3cc(F)cc(F)c3)c(N)n21. The molecule has 0 saturated carbocycles. The van der Waals surface area contributed by atoms with Crippen LogP contribution in [0, 0.1) is 11.6 Å². The van der Waals surface area contributed by atoms with E-state index in [1.807, 2.05) is 4.57 Å². The van der Waals surface area contributed by atoms with Gasteiger partial charge in [0.15, 0.2) is 0 Å². The first-order valence-electron chi connectivity index (χ1n) is 6.39. The van der Waals surface area contributed by atoms with E-state index >= 15 is 0 Å². The lowest BCUT2D eigenvalue weighted by Crippen LogP contribution is -2.16. The van der Waals surface area contributed by atoms with Crippen LogP contribution >= 0.6 is 0 Å². The summed E-state index contributed by atoms with van der Waals surface area (Å²) in [5, 5.41) is 0. The molecule has 19 heavy (non-hydrogen) atoms. The van der Waals surface area contributed by atoms with Crippen molar-refractivity contribution in [1.82, 2.24) is 9.55 Å². The number of hydrogen-bond donors (Lipinski definition) is 1. The van der Waals surface area contributed by atoms with Gasteiger partial charge in [0, 0.05) is 24.1 Å². The summed E-state index contributed by atoms with van der Waals surface area (Å²) in [5.41, 5.74) is 6.97. The predicted octanol–water partition coefficient (Wildman–Crippen LogP) is 3.31. The normalized spacial score (nSPS) is 18.4. The van der Waals surface area contributed by atoms with Crippen LogP contribution in [0.2, 0.25) is 0 Å². The average Bonchev–Trinajstić information content (AvgIpc) is 2.67. The van der Waals surface area contributed by atoms with Crippen molar-refractivity contribution < 1.29 is 8.78 Å². The van der Waals surface area contributed by atoms with Crippen molar-refractivity contribution in [3.8, 4) is 11.3 Å². The van der Waals surface area contributed by atoms with Crippen LogP contribution in [0.5, 0.6) is 0 Å². The molecule has 2 aromatic rings. The van der Waals surface area contributed by atoms with Crippen LogP contribution < -0.4 is 5.73 Å². The number of nitrogens with zero attached hydrogens (tertiary/aromatic N) is 2. The maximum atomic E-state index is 13.3. The smallest absolute Gasteiger partial charge is 0.131 e. The van der Waals surface area contributed by atoms with E-state index in [0.717, 1.165) is 31.2 Å². The standard InChI is InChI=1S/C14H15F2N3/c1-8-3-2-4-12-18-13(14(17)19(8)12)9-5-10(15)7-11(16)6-9/h5-8H,2-4,17H2,1H3. The number of rotatable bonds is 1. The fourth-order valence-corrected chi connectivity index (χ4v) is 2.75. The van der Waals surface area contributed by atoms with E-state index in [-0.39, 0.29) is 6.04 Å². The highest BCUT2D eigenvalue weighted by Crippen LogP contribution is 2.34. The van der Waals surface area contributed by atoms with Gasteiger partial charge in [0.05, 0.1) is 0 Å². The van der Waals surface area contributed by atoms with Crippen LogP contribution in [0.25, 0.3) is 11.3 Å². The van der Waals surface area contributed by atoms with Gasteiger partial charge in [-0.15, -0.1) is 0 Å². The Morgan fingerprint density at radius 1 is 1.26 bits per heavy atom. The summed E-state index contributed by atoms with van der Waals surface area (Å²) >= 11 is 0. The zero-order chi connectivity index (χ0) is 13.6. The topological polar surface area (TPSA) is 43.8 Å². The average molecular weight is 263 g/mol. The van der Waals surface area contributed by atoms with Gasteiger partial charge < -0.3 is 10.3 Å². The van der Waals surface area contributed by atoms with E-state index < -0.39 is 11.6 Å². The zero-order valence-corrected chi connectivity index (χ0v) is 10.7. The summed E-state index contributed by atoms with van der Waals surface area (Å²) in [7, 11) is 0. The van der Waals surface area contributed by atoms with E-state index in [2.05, 4.69) is 11.9 Å². The molecule has 0 aliphatic carbocycles. The van der Waals surface area contributed by atoms with Crippen molar-refractivity contribution in [2.75, 3.05) is 5.73 Å². The number of aryl methyl sites for hydroxylation is 1. The van der Waals surface area contributed by atoms with Gasteiger partial charge in [-0.25, -0.2) is 13.8 Å². The molecule has 0 saturated heterocycles. The van der Waals surface area contributed by atoms with Gasteiger partial charge in [-0.05, 0) is 31.9 Å². The fraction of sp³-hybridized carbons (Fsp3) is 0.357. The highest BCUT2D eigenvalue weighted by molar-refractivity contribution is 5.71. The molecule has 0 bridgehead atoms. The van der Waals surface area contributed by atoms with E-state index in [1.54, 1.807) is 0 Å². The Hall–Kier alpha value is -1.91. The van der Waals surface area contributed by atoms with Crippen molar-refractivity contribution in [2.45, 2.75) is 32.2 Å². The highest BCUT2D eigenvalue weighted by atomic mass is 19.1. The minimum Gasteiger partial charge on any atom is -0.383 e. The number of imidazole rings is 1. The monoisotopic (exact) mass is 263 g/mol. The molecule has 2 heterocycles. The molecule has 1 aromatic carbocycles. The van der Waals surface area contributed by atoms with Crippen molar-refractivity contribution in [3.63, 3.8) is 0 Å². The quantitative estimate of drug-likeness (QED) is 0.857. The molecule has 3 nitrogen and oxygen atoms in total. The number of nitrogen functional groups attached to an aromatic ring is 1. The molecule has 1 atom stereocenters. The summed E-state index contributed by atoms with van der Waals surface area (Å²) in [6.45, 7) is 2.08. The van der Waals surface area contributed by atoms with Crippen molar-refractivity contribution in [2.24, 2.45) is 0 Å². The first-order valence-corrected chi connectivity index (χ1v) is 6.39. The van der Waals surface area contributed by atoms with Gasteiger partial charge in [0.2, 0.25) is 0 Å². The Kier molecular flexibility index (Phi) is 2.77. The number of benzene rings is 1. The Balaban J connectivity index is 2.16. The number of anilines is 1. The first-order chi connectivity index (χ1) is 9.06. The molecule has 5 heteroatoms. The number of hydrogen-bond acceptors (Lipinski definition) is 2. The predicted molar refractivity (Wildman–Crippen MR) is 69.6 cm³/mol. The second kappa shape index (κ2) is 4.33. The molecule has 1 unspecified atom stereocenters. The van der Waals surface area contributed by atoms with Gasteiger partial charge in [0.25, 0.3) is 0 Å². The van der Waals surface area contributed by atoms with Gasteiger partial charge in [-0.1, -0.05) is 0 Å². The second-order valence-corrected chi connectivity index (χ2v) is 5.03. The summed E-state index contributed by atoms with van der Waals surface area (Å²) in [4.78, 5) is 4.46. The molecule has 1 aliphatic rings. The Morgan fingerprint density at radius 3 is 2.58 bits per heavy atom. The van der Waals surface area contributed by atoms with Gasteiger partial charge >= 0.3 is 0 Å². The molecular formula is C14H15F2N3. The van der Waals surface area contributed by atoms with Crippen LogP contribution in [-0.2, 0) is 6.42 Å². The molecule has 0 radical (unpaired) electrons. The first kappa shape index (κ1) is 12.1. The summed E-state index contributed by atoms with van der Waals surface area (Å²) < 4.78 is 28.6. The zero-order valence-electron chi connectivity index (χ0n) is 10.7. The second-order valence-electron chi connectivity index (χ2n) is 5.03. The lowest BCUT2D eigenvalue weighted by molar-refractivity contribution is 0.430. The van der Waals surface area contributed by atoms with E-state index in [0.29, 0.717) is 17.1 Å². The van der Waals surface area contributed by atoms with Crippen LogP contribution in [0.3, 0.4) is 0 Å². The molecule has 3 rings (SSSR count). The third-order valence-electron chi connectivity index (χ3n) is 3.62. The Morgan fingerprint density at radius 2 is 1.95 bits per heavy atom. The minimum atomic E-state index is -0.617. The summed E-state index contributed by atoms with van der Waals surface area (Å²) in [6.07, 6.45) is 2.96. The van der Waals surface area contributed by atoms with Crippen molar-refractivity contribution in [1.29, 1.82) is 0 Å². The lowest BCUT2D eigenvalue weighted by Gasteiger charge is -2.22. The van der Waals surface area contributed by atoms with E-state index in [1.165, 1.54) is 12.1 Å². The Bertz CT molecular complexity index is 614. The molecule has 0 amide bonds. The number of halogens is 2. The molecule has 1 aromatic heterocycles. The molecular weight excluding hydrogens is 248 g/mol. The number of aromatic nitrogens is 2. The number of fused-ring (bicyclic) bond motifs is 1. The van der Waals surface area contributed by atoms with Crippen LogP contribution in [0.1, 0.15) is 31.6 Å². The molecule has 1 aliphatic heterocycles. The van der Waals surface area contributed by atoms with Crippen molar-refractivity contribution >= 4 is 5.82 Å². The van der Waals surface area contributed by atoms with E-state index in [9.17, 15) is 8.78 Å². The highest BCUT2D eigenvalue weighted by Gasteiger charge is 2.23.